The summed E-state index contributed by atoms with van der Waals surface area (Å²) in [5.74, 6) is -3.57. The van der Waals surface area contributed by atoms with Crippen LogP contribution < -0.4 is 21.7 Å². The standard InChI is InChI=1S/C35H43F4N5O4/c1-5-19(3)28(31(40)46)43-33(48)34(15-14-27-24(17-34)23-11-9-12-25(30(23)42-27)35(37,38)39)44-32(47)29(20(4)6-2)41-18-22(45)16-21-10-7-8-13-26(21)36/h7-13,19-20,28-29,41-42H,5-6,14-18H2,1-4H3,(H2,40,46)(H,43,48)(H,44,47)/t19?,20?,28-,29-,34+/m0/s1. The van der Waals surface area contributed by atoms with Gasteiger partial charge in [0.1, 0.15) is 17.4 Å². The molecular formula is C35H43F4N5O4. The molecule has 2 unspecified atom stereocenters. The first-order valence-electron chi connectivity index (χ1n) is 16.2. The molecule has 48 heavy (non-hydrogen) atoms. The van der Waals surface area contributed by atoms with E-state index < -0.39 is 52.9 Å². The third-order valence-corrected chi connectivity index (χ3v) is 9.58. The summed E-state index contributed by atoms with van der Waals surface area (Å²) in [5.41, 5.74) is 4.21. The predicted octanol–water partition coefficient (Wildman–Crippen LogP) is 4.50. The largest absolute Gasteiger partial charge is 0.418 e. The van der Waals surface area contributed by atoms with Gasteiger partial charge in [-0.2, -0.15) is 13.2 Å². The average Bonchev–Trinajstić information content (AvgIpc) is 3.41. The van der Waals surface area contributed by atoms with Crippen molar-refractivity contribution in [1.82, 2.24) is 20.9 Å². The van der Waals surface area contributed by atoms with Crippen LogP contribution in [0.2, 0.25) is 0 Å². The molecule has 0 spiro atoms. The number of ketones is 1. The van der Waals surface area contributed by atoms with E-state index in [1.165, 1.54) is 30.3 Å². The highest BCUT2D eigenvalue weighted by atomic mass is 19.4. The minimum Gasteiger partial charge on any atom is -0.368 e. The van der Waals surface area contributed by atoms with Crippen LogP contribution in [0.1, 0.15) is 69.3 Å². The number of carbonyl (C=O) groups excluding carboxylic acids is 4. The number of halogens is 4. The summed E-state index contributed by atoms with van der Waals surface area (Å²) in [6.45, 7) is 6.99. The van der Waals surface area contributed by atoms with Gasteiger partial charge >= 0.3 is 6.18 Å². The minimum atomic E-state index is -4.63. The number of amides is 3. The molecule has 0 aliphatic heterocycles. The van der Waals surface area contributed by atoms with Crippen molar-refractivity contribution in [3.05, 3.63) is 70.7 Å². The van der Waals surface area contributed by atoms with Crippen molar-refractivity contribution < 1.29 is 36.7 Å². The molecule has 0 radical (unpaired) electrons. The molecule has 4 rings (SSSR count). The quantitative estimate of drug-likeness (QED) is 0.160. The zero-order valence-electron chi connectivity index (χ0n) is 27.5. The lowest BCUT2D eigenvalue weighted by molar-refractivity contribution is -0.138. The van der Waals surface area contributed by atoms with Gasteiger partial charge in [0.2, 0.25) is 17.7 Å². The molecule has 3 amide bonds. The van der Waals surface area contributed by atoms with Gasteiger partial charge in [0.25, 0.3) is 0 Å². The van der Waals surface area contributed by atoms with Crippen LogP contribution in [0, 0.1) is 17.7 Å². The highest BCUT2D eigenvalue weighted by Gasteiger charge is 2.47. The number of Topliss-reactive ketones (excluding diaryl/α,β-unsaturated/α-hetero) is 1. The van der Waals surface area contributed by atoms with Gasteiger partial charge < -0.3 is 21.4 Å². The number of para-hydroxylation sites is 1. The zero-order chi connectivity index (χ0) is 35.4. The Hall–Kier alpha value is -4.26. The van der Waals surface area contributed by atoms with Gasteiger partial charge in [-0.15, -0.1) is 0 Å². The number of hydrogen-bond donors (Lipinski definition) is 5. The second-order valence-electron chi connectivity index (χ2n) is 12.8. The van der Waals surface area contributed by atoms with Crippen molar-refractivity contribution in [3.8, 4) is 0 Å². The van der Waals surface area contributed by atoms with Gasteiger partial charge in [0.05, 0.1) is 23.7 Å². The lowest BCUT2D eigenvalue weighted by atomic mass is 9.78. The van der Waals surface area contributed by atoms with Crippen LogP contribution in [0.15, 0.2) is 42.5 Å². The van der Waals surface area contributed by atoms with Crippen LogP contribution in [0.4, 0.5) is 17.6 Å². The van der Waals surface area contributed by atoms with Crippen molar-refractivity contribution in [3.63, 3.8) is 0 Å². The van der Waals surface area contributed by atoms with E-state index in [9.17, 15) is 36.7 Å². The van der Waals surface area contributed by atoms with Crippen molar-refractivity contribution in [2.75, 3.05) is 6.54 Å². The molecule has 0 bridgehead atoms. The van der Waals surface area contributed by atoms with E-state index in [0.717, 1.165) is 6.07 Å². The fourth-order valence-electron chi connectivity index (χ4n) is 6.32. The van der Waals surface area contributed by atoms with Crippen molar-refractivity contribution in [2.45, 2.75) is 90.0 Å². The van der Waals surface area contributed by atoms with Gasteiger partial charge in [-0.05, 0) is 47.9 Å². The molecule has 1 aromatic heterocycles. The number of carbonyl (C=O) groups is 4. The number of aromatic amines is 1. The molecular weight excluding hydrogens is 630 g/mol. The molecule has 6 N–H and O–H groups in total. The Balaban J connectivity index is 1.68. The first-order valence-corrected chi connectivity index (χ1v) is 16.2. The van der Waals surface area contributed by atoms with Crippen molar-refractivity contribution in [1.29, 1.82) is 0 Å². The van der Waals surface area contributed by atoms with Crippen LogP contribution in [-0.4, -0.2) is 52.7 Å². The maximum absolute atomic E-state index is 14.2. The fourth-order valence-corrected chi connectivity index (χ4v) is 6.32. The Labute approximate surface area is 276 Å². The molecule has 9 nitrogen and oxygen atoms in total. The van der Waals surface area contributed by atoms with Crippen LogP contribution in [0.3, 0.4) is 0 Å². The zero-order valence-corrected chi connectivity index (χ0v) is 27.5. The van der Waals surface area contributed by atoms with E-state index in [4.69, 9.17) is 5.73 Å². The summed E-state index contributed by atoms with van der Waals surface area (Å²) >= 11 is 0. The average molecular weight is 674 g/mol. The second kappa shape index (κ2) is 14.9. The topological polar surface area (TPSA) is 146 Å². The maximum Gasteiger partial charge on any atom is 0.418 e. The van der Waals surface area contributed by atoms with E-state index >= 15 is 0 Å². The van der Waals surface area contributed by atoms with Gasteiger partial charge in [0, 0.05) is 23.9 Å². The third-order valence-electron chi connectivity index (χ3n) is 9.58. The highest BCUT2D eigenvalue weighted by molar-refractivity contribution is 5.98. The molecule has 0 fully saturated rings. The first-order chi connectivity index (χ1) is 22.6. The number of aromatic nitrogens is 1. The third kappa shape index (κ3) is 7.88. The first kappa shape index (κ1) is 36.6. The van der Waals surface area contributed by atoms with Crippen LogP contribution >= 0.6 is 0 Å². The number of hydrogen-bond acceptors (Lipinski definition) is 5. The number of primary amides is 1. The lowest BCUT2D eigenvalue weighted by Gasteiger charge is -2.39. The van der Waals surface area contributed by atoms with Crippen molar-refractivity contribution >= 4 is 34.4 Å². The SMILES string of the molecule is CCC(C)[C@H](NC(=O)[C@@]1(NC(=O)[C@@H](NCC(=O)Cc2ccccc2F)C(C)CC)CCc2[nH]c3c(C(F)(F)F)cccc3c2C1)C(N)=O. The number of nitrogens with one attached hydrogen (secondary N) is 4. The fraction of sp³-hybridized carbons (Fsp3) is 0.486. The van der Waals surface area contributed by atoms with E-state index in [-0.39, 0.29) is 66.3 Å². The van der Waals surface area contributed by atoms with Gasteiger partial charge in [-0.1, -0.05) is 70.9 Å². The predicted molar refractivity (Wildman–Crippen MR) is 173 cm³/mol. The van der Waals surface area contributed by atoms with E-state index in [0.29, 0.717) is 24.1 Å². The number of H-pyrrole nitrogens is 1. The molecule has 13 heteroatoms. The number of nitrogens with two attached hydrogens (primary N) is 1. The normalized spacial score (nSPS) is 18.8. The van der Waals surface area contributed by atoms with E-state index in [2.05, 4.69) is 20.9 Å². The summed E-state index contributed by atoms with van der Waals surface area (Å²) in [6, 6.07) is 7.70. The monoisotopic (exact) mass is 673 g/mol. The molecule has 0 saturated heterocycles. The van der Waals surface area contributed by atoms with E-state index in [1.54, 1.807) is 19.9 Å². The summed E-state index contributed by atoms with van der Waals surface area (Å²) in [4.78, 5) is 56.4. The maximum atomic E-state index is 14.2. The molecule has 3 aromatic rings. The number of alkyl halides is 3. The summed E-state index contributed by atoms with van der Waals surface area (Å²) in [6.07, 6.45) is -3.79. The second-order valence-corrected chi connectivity index (χ2v) is 12.8. The molecule has 0 saturated carbocycles. The molecule has 1 heterocycles. The Kier molecular flexibility index (Phi) is 11.3. The van der Waals surface area contributed by atoms with Gasteiger partial charge in [0.15, 0.2) is 5.78 Å². The van der Waals surface area contributed by atoms with Crippen LogP contribution in [0.5, 0.6) is 0 Å². The number of rotatable bonds is 14. The van der Waals surface area contributed by atoms with Crippen LogP contribution in [-0.2, 0) is 44.6 Å². The summed E-state index contributed by atoms with van der Waals surface area (Å²) < 4.78 is 55.8. The number of fused-ring (bicyclic) bond motifs is 3. The smallest absolute Gasteiger partial charge is 0.368 e. The number of benzene rings is 2. The molecule has 1 aliphatic rings. The van der Waals surface area contributed by atoms with Crippen LogP contribution in [0.25, 0.3) is 10.9 Å². The Morgan fingerprint density at radius 3 is 2.27 bits per heavy atom. The van der Waals surface area contributed by atoms with E-state index in [1.807, 2.05) is 13.8 Å². The summed E-state index contributed by atoms with van der Waals surface area (Å²) in [7, 11) is 0. The minimum absolute atomic E-state index is 0.0111. The Morgan fingerprint density at radius 1 is 0.979 bits per heavy atom. The molecule has 1 aliphatic carbocycles. The molecule has 260 valence electrons. The summed E-state index contributed by atoms with van der Waals surface area (Å²) in [5, 5.41) is 8.89. The number of aryl methyl sites for hydroxylation is 1. The van der Waals surface area contributed by atoms with Crippen molar-refractivity contribution in [2.24, 2.45) is 17.6 Å². The molecule has 2 aromatic carbocycles. The van der Waals surface area contributed by atoms with Gasteiger partial charge in [-0.25, -0.2) is 4.39 Å². The highest BCUT2D eigenvalue weighted by Crippen LogP contribution is 2.40. The Bertz CT molecular complexity index is 1670. The molecule has 5 atom stereocenters. The Morgan fingerprint density at radius 2 is 1.65 bits per heavy atom. The lowest BCUT2D eigenvalue weighted by Crippen LogP contribution is -2.67. The van der Waals surface area contributed by atoms with Gasteiger partial charge in [-0.3, -0.25) is 24.5 Å².